The van der Waals surface area contributed by atoms with Crippen molar-refractivity contribution in [3.05, 3.63) is 245 Å². The van der Waals surface area contributed by atoms with Crippen molar-refractivity contribution in [1.29, 1.82) is 0 Å². The van der Waals surface area contributed by atoms with Gasteiger partial charge >= 0.3 is 35.8 Å². The molecule has 16 N–H and O–H groups in total. The molecule has 0 aliphatic heterocycles. The van der Waals surface area contributed by atoms with E-state index in [4.69, 9.17) is 62.3 Å². The lowest BCUT2D eigenvalue weighted by Gasteiger charge is -2.15. The van der Waals surface area contributed by atoms with Crippen LogP contribution in [-0.4, -0.2) is 248 Å². The molecule has 7 aromatic rings. The Morgan fingerprint density at radius 1 is 0.331 bits per heavy atom. The number of hydrogen-bond acceptors (Lipinski definition) is 32. The molecular weight excluding hydrogens is 1810 g/mol. The fraction of sp³-hybridized carbons (Fsp3) is 0.412. The lowest BCUT2D eigenvalue weighted by Crippen LogP contribution is -2.43. The van der Waals surface area contributed by atoms with Crippen molar-refractivity contribution in [1.82, 2.24) is 21.3 Å². The fourth-order valence-corrected chi connectivity index (χ4v) is 10.9. The van der Waals surface area contributed by atoms with E-state index in [1.807, 2.05) is 189 Å². The number of Topliss-reactive ketones (excluding diaryl/α,β-unsaturated/α-hetero) is 5. The molecule has 0 aliphatic carbocycles. The molecule has 4 amide bonds. The molecule has 0 fully saturated rings. The Morgan fingerprint density at radius 3 is 0.765 bits per heavy atom. The predicted octanol–water partition coefficient (Wildman–Crippen LogP) is 5.82. The number of aliphatic hydroxyl groups is 3. The summed E-state index contributed by atoms with van der Waals surface area (Å²) in [5.41, 5.74) is 29.2. The van der Waals surface area contributed by atoms with Gasteiger partial charge in [-0.1, -0.05) is 200 Å². The number of halogens is 1. The number of ketones is 5. The minimum Gasteiger partial charge on any atom is -0.480 e. The number of nitrogens with two attached hydrogens (primary N) is 4. The van der Waals surface area contributed by atoms with Gasteiger partial charge in [-0.25, -0.2) is 4.79 Å². The van der Waals surface area contributed by atoms with Gasteiger partial charge in [0.15, 0.2) is 35.0 Å². The smallest absolute Gasteiger partial charge is 0.330 e. The molecule has 7 aromatic carbocycles. The Balaban J connectivity index is -0.000000469. The number of aliphatic hydroxyl groups excluding tert-OH is 3. The number of aliphatic carboxylic acids is 1. The van der Waals surface area contributed by atoms with Crippen molar-refractivity contribution >= 4 is 111 Å². The maximum absolute atomic E-state index is 11.9. The molecular formula is C97H139ClN8O29S. The average Bonchev–Trinajstić information content (AvgIpc) is 0.850. The molecule has 0 radical (unpaired) electrons. The SMILES string of the molecule is CC(=O)NC(CO)C(=O)CCc1ccccc1.CC(=O)OC(C)=O.CC(=O)OC(C)=O.COC(=O)C(CO)NC(C)=O.COCC(N)C(=O)CCc1ccccc1.COCC(NC(C)=O)C(=O)CCc1ccccc1.COC[C@@H](N)C(=O)CCc1ccccc1.COC[C@@H](NC(C)=O)C(=O)CCc1ccccc1.COS(=O)(=O)c1ccc(C)cc1.Cl.NC(CO)C(=O)O.NCc1ccccc1. The standard InChI is InChI=1S/2C14H19NO3.C13H17NO3.2C12H17NO2.C8H10O3S.C7H9N.C6H11NO4.2C4H6O3.C3H7NO3.ClH/c2*1-11(16)15-13(10-18-2)14(17)9-8-12-6-4-3-5-7-12;1-10(16)14-12(9-15)13(17)8-7-11-5-3-2-4-6-11;2*1-15-9-11(13)12(14)8-7-10-5-3-2-4-6-10;1-7-3-5-8(6-4-7)12(9,10)11-2;8-6-7-4-2-1-3-5-7;1-4(9)7-5(3-8)6(10)11-2;2*1-3(5)7-4(2)6;4-2(1-5)3(6)7;/h2*3-7,13H,8-10H2,1-2H3,(H,15,16);2-6,12,15H,7-9H2,1H3,(H,14,16);2*2-6,11H,7-9,13H2,1H3;3-6H,1-2H3;1-5H,6,8H2;5,8H,3H2,1-2H3,(H,7,9);2*1-2H3;2,5H,1,4H2,(H,6,7);1H/t13-;;;11-;;;;;;;;/m1..1......../s1. The quantitative estimate of drug-likeness (QED) is 0.00930. The van der Waals surface area contributed by atoms with E-state index in [0.29, 0.717) is 71.1 Å². The topological polar surface area (TPSA) is 597 Å². The number of carbonyl (C=O) groups excluding carboxylic acids is 14. The van der Waals surface area contributed by atoms with Crippen LogP contribution in [0, 0.1) is 6.92 Å². The number of methoxy groups -OCH3 is 5. The first-order chi connectivity index (χ1) is 63.9. The molecule has 0 aliphatic rings. The summed E-state index contributed by atoms with van der Waals surface area (Å²) in [5, 5.41) is 43.3. The van der Waals surface area contributed by atoms with Crippen LogP contribution in [0.4, 0.5) is 0 Å². The molecule has 37 nitrogen and oxygen atoms in total. The maximum atomic E-state index is 11.9. The largest absolute Gasteiger partial charge is 0.480 e. The molecule has 0 heterocycles. The molecule has 0 bridgehead atoms. The van der Waals surface area contributed by atoms with Gasteiger partial charge < -0.3 is 97.8 Å². The third-order valence-electron chi connectivity index (χ3n) is 16.9. The summed E-state index contributed by atoms with van der Waals surface area (Å²) >= 11 is 0. The predicted molar refractivity (Wildman–Crippen MR) is 513 cm³/mol. The van der Waals surface area contributed by atoms with E-state index in [0.717, 1.165) is 53.3 Å². The van der Waals surface area contributed by atoms with Gasteiger partial charge in [-0.3, -0.25) is 71.3 Å². The second-order valence-electron chi connectivity index (χ2n) is 28.6. The number of amides is 4. The Morgan fingerprint density at radius 2 is 0.574 bits per heavy atom. The van der Waals surface area contributed by atoms with Crippen molar-refractivity contribution in [2.75, 3.05) is 88.9 Å². The van der Waals surface area contributed by atoms with Crippen LogP contribution >= 0.6 is 12.4 Å². The number of carboxylic acids is 1. The van der Waals surface area contributed by atoms with Gasteiger partial charge in [0.25, 0.3) is 10.1 Å². The molecule has 7 rings (SSSR count). The molecule has 5 unspecified atom stereocenters. The van der Waals surface area contributed by atoms with Crippen LogP contribution in [-0.2, 0) is 158 Å². The highest BCUT2D eigenvalue weighted by molar-refractivity contribution is 7.86. The van der Waals surface area contributed by atoms with Crippen LogP contribution in [0.2, 0.25) is 0 Å². The molecule has 7 atom stereocenters. The van der Waals surface area contributed by atoms with Crippen molar-refractivity contribution in [3.63, 3.8) is 0 Å². The summed E-state index contributed by atoms with van der Waals surface area (Å²) in [6, 6.07) is 60.6. The zero-order valence-electron chi connectivity index (χ0n) is 80.0. The maximum Gasteiger partial charge on any atom is 0.330 e. The highest BCUT2D eigenvalue weighted by Crippen LogP contribution is 2.13. The number of esters is 5. The molecule has 754 valence electrons. The summed E-state index contributed by atoms with van der Waals surface area (Å²) in [6.07, 6.45) is 5.55. The van der Waals surface area contributed by atoms with E-state index in [9.17, 15) is 80.3 Å². The van der Waals surface area contributed by atoms with E-state index < -0.39 is 101 Å². The number of ether oxygens (including phenoxy) is 7. The number of aryl methyl sites for hydroxylation is 6. The van der Waals surface area contributed by atoms with Gasteiger partial charge in [-0.2, -0.15) is 8.42 Å². The Labute approximate surface area is 803 Å². The zero-order valence-corrected chi connectivity index (χ0v) is 81.7. The number of nitrogens with one attached hydrogen (secondary N) is 4. The second kappa shape index (κ2) is 83.3. The van der Waals surface area contributed by atoms with E-state index >= 15 is 0 Å². The van der Waals surface area contributed by atoms with Crippen LogP contribution in [0.3, 0.4) is 0 Å². The summed E-state index contributed by atoms with van der Waals surface area (Å²) in [5.74, 6) is -5.24. The number of carbonyl (C=O) groups is 15. The van der Waals surface area contributed by atoms with Crippen molar-refractivity contribution in [2.45, 2.75) is 180 Å². The molecule has 39 heteroatoms. The van der Waals surface area contributed by atoms with E-state index in [-0.39, 0.29) is 89.7 Å². The molecule has 0 saturated carbocycles. The monoisotopic (exact) mass is 1950 g/mol. The number of rotatable bonds is 40. The van der Waals surface area contributed by atoms with Gasteiger partial charge in [0, 0.05) is 122 Å². The van der Waals surface area contributed by atoms with Crippen molar-refractivity contribution in [3.8, 4) is 0 Å². The minimum atomic E-state index is -3.51. The van der Waals surface area contributed by atoms with Crippen LogP contribution in [0.5, 0.6) is 0 Å². The Kier molecular flexibility index (Phi) is 81.0. The Hall–Kier alpha value is -12.3. The first-order valence-corrected chi connectivity index (χ1v) is 43.6. The minimum absolute atomic E-state index is 0. The van der Waals surface area contributed by atoms with E-state index in [1.54, 1.807) is 26.4 Å². The molecule has 0 spiro atoms. The lowest BCUT2D eigenvalue weighted by atomic mass is 10.0. The van der Waals surface area contributed by atoms with Gasteiger partial charge in [0.05, 0.1) is 77.4 Å². The third-order valence-corrected chi connectivity index (χ3v) is 18.2. The first kappa shape index (κ1) is 132. The fourth-order valence-electron chi connectivity index (χ4n) is 10.2. The van der Waals surface area contributed by atoms with Crippen LogP contribution in [0.15, 0.2) is 211 Å². The zero-order chi connectivity index (χ0) is 103. The Bertz CT molecular complexity index is 4430. The van der Waals surface area contributed by atoms with Crippen LogP contribution in [0.25, 0.3) is 0 Å². The number of carboxylic acid groups (broad SMARTS) is 1. The summed E-state index contributed by atoms with van der Waals surface area (Å²) in [4.78, 5) is 162. The van der Waals surface area contributed by atoms with Crippen LogP contribution < -0.4 is 44.2 Å². The molecule has 0 aromatic heterocycles. The van der Waals surface area contributed by atoms with Gasteiger partial charge in [-0.15, -0.1) is 12.4 Å². The van der Waals surface area contributed by atoms with Gasteiger partial charge in [-0.05, 0) is 84.5 Å². The third kappa shape index (κ3) is 75.1. The van der Waals surface area contributed by atoms with Crippen LogP contribution in [0.1, 0.15) is 126 Å². The summed E-state index contributed by atoms with van der Waals surface area (Å²) in [7, 11) is 4.94. The molecule has 0 saturated heterocycles. The number of hydrogen-bond donors (Lipinski definition) is 12. The van der Waals surface area contributed by atoms with E-state index in [1.165, 1.54) is 94.4 Å². The van der Waals surface area contributed by atoms with Gasteiger partial charge in [0.1, 0.15) is 24.2 Å². The summed E-state index contributed by atoms with van der Waals surface area (Å²) in [6.45, 7) is 12.4. The highest BCUT2D eigenvalue weighted by Gasteiger charge is 2.23. The second-order valence-corrected chi connectivity index (χ2v) is 30.3. The first-order valence-electron chi connectivity index (χ1n) is 42.2. The normalized spacial score (nSPS) is 11.4. The van der Waals surface area contributed by atoms with Crippen molar-refractivity contribution < 1.29 is 138 Å². The van der Waals surface area contributed by atoms with Crippen molar-refractivity contribution in [2.24, 2.45) is 22.9 Å². The summed E-state index contributed by atoms with van der Waals surface area (Å²) < 4.78 is 58.3. The van der Waals surface area contributed by atoms with E-state index in [2.05, 4.69) is 39.7 Å². The lowest BCUT2D eigenvalue weighted by molar-refractivity contribution is -0.158. The molecule has 136 heavy (non-hydrogen) atoms. The average molecular weight is 1950 g/mol. The highest BCUT2D eigenvalue weighted by atomic mass is 35.5. The van der Waals surface area contributed by atoms with Gasteiger partial charge in [0.2, 0.25) is 23.6 Å². The number of benzene rings is 7.